The first-order valence-electron chi connectivity index (χ1n) is 10.8. The molecule has 1 fully saturated rings. The van der Waals surface area contributed by atoms with Crippen molar-refractivity contribution in [3.05, 3.63) is 42.5 Å². The highest BCUT2D eigenvalue weighted by molar-refractivity contribution is 6.02. The number of carbonyl (C=O) groups is 1. The molecule has 5 rings (SSSR count). The molecule has 4 aromatic rings. The summed E-state index contributed by atoms with van der Waals surface area (Å²) in [7, 11) is 0. The minimum Gasteiger partial charge on any atom is -0.348 e. The quantitative estimate of drug-likeness (QED) is 0.331. The number of pyridine rings is 1. The zero-order valence-electron chi connectivity index (χ0n) is 18.3. The van der Waals surface area contributed by atoms with Crippen molar-refractivity contribution in [1.29, 1.82) is 0 Å². The molecule has 0 radical (unpaired) electrons. The highest BCUT2D eigenvalue weighted by Gasteiger charge is 2.46. The van der Waals surface area contributed by atoms with Crippen LogP contribution in [-0.4, -0.2) is 55.2 Å². The maximum absolute atomic E-state index is 13.9. The number of H-pyrrole nitrogens is 1. The number of hydrogen-bond donors (Lipinski definition) is 3. The number of aromatic amines is 1. The van der Waals surface area contributed by atoms with Crippen molar-refractivity contribution in [2.75, 3.05) is 11.9 Å². The summed E-state index contributed by atoms with van der Waals surface area (Å²) in [6.45, 7) is 0.309. The molecule has 4 aromatic heterocycles. The number of nitrogens with zero attached hydrogens (tertiary/aromatic N) is 4. The summed E-state index contributed by atoms with van der Waals surface area (Å²) >= 11 is 0. The van der Waals surface area contributed by atoms with E-state index >= 15 is 0 Å². The highest BCUT2D eigenvalue weighted by Crippen LogP contribution is 2.43. The Morgan fingerprint density at radius 3 is 2.74 bits per heavy atom. The van der Waals surface area contributed by atoms with Crippen LogP contribution in [0.4, 0.5) is 27.9 Å². The molecule has 1 amide bonds. The number of rotatable bonds is 7. The number of carbonyl (C=O) groups excluding carboxylic acids is 1. The smallest absolute Gasteiger partial charge is 0.348 e. The van der Waals surface area contributed by atoms with Crippen LogP contribution in [0.1, 0.15) is 30.1 Å². The minimum atomic E-state index is -4.57. The minimum absolute atomic E-state index is 0.0119. The van der Waals surface area contributed by atoms with Gasteiger partial charge in [0.25, 0.3) is 11.8 Å². The highest BCUT2D eigenvalue weighted by atomic mass is 19.4. The van der Waals surface area contributed by atoms with Crippen LogP contribution in [0.25, 0.3) is 27.7 Å². The van der Waals surface area contributed by atoms with Gasteiger partial charge in [0, 0.05) is 35.5 Å². The van der Waals surface area contributed by atoms with Gasteiger partial charge in [-0.1, -0.05) is 0 Å². The van der Waals surface area contributed by atoms with E-state index in [0.29, 0.717) is 40.5 Å². The third-order valence-corrected chi connectivity index (χ3v) is 6.00. The van der Waals surface area contributed by atoms with Crippen LogP contribution in [0.2, 0.25) is 0 Å². The van der Waals surface area contributed by atoms with Crippen LogP contribution in [0.3, 0.4) is 0 Å². The molecule has 13 heteroatoms. The first-order chi connectivity index (χ1) is 16.5. The Morgan fingerprint density at radius 1 is 1.26 bits per heavy atom. The second-order valence-corrected chi connectivity index (χ2v) is 8.59. The SMILES string of the molecule is C[C@@H](NC(=O)c1cnn2ccc(-c3c[nH]c4nc(NCC(F)(F)C5CC5)ncc34)cc12)C(F)(F)F. The van der Waals surface area contributed by atoms with Crippen LogP contribution in [0.5, 0.6) is 0 Å². The number of aromatic nitrogens is 5. The lowest BCUT2D eigenvalue weighted by atomic mass is 10.1. The van der Waals surface area contributed by atoms with E-state index in [2.05, 4.69) is 25.4 Å². The van der Waals surface area contributed by atoms with Gasteiger partial charge in [0.05, 0.1) is 23.8 Å². The van der Waals surface area contributed by atoms with Gasteiger partial charge in [0.1, 0.15) is 11.7 Å². The standard InChI is InChI=1S/C22H20F5N7O/c1-11(22(25,26)27)32-19(35)16-9-31-34-5-4-12(6-17(16)34)14-7-28-18-15(14)8-29-20(33-18)30-10-21(23,24)13-2-3-13/h4-9,11,13H,2-3,10H2,1H3,(H,32,35)(H2,28,29,30,33)/t11-/m1/s1. The lowest BCUT2D eigenvalue weighted by molar-refractivity contribution is -0.149. The van der Waals surface area contributed by atoms with E-state index in [4.69, 9.17) is 0 Å². The fraction of sp³-hybridized carbons (Fsp3) is 0.364. The molecule has 0 aliphatic heterocycles. The molecule has 8 nitrogen and oxygen atoms in total. The van der Waals surface area contributed by atoms with E-state index in [9.17, 15) is 26.7 Å². The largest absolute Gasteiger partial charge is 0.408 e. The molecule has 1 aliphatic rings. The second-order valence-electron chi connectivity index (χ2n) is 8.59. The zero-order valence-corrected chi connectivity index (χ0v) is 18.3. The van der Waals surface area contributed by atoms with Gasteiger partial charge in [-0.05, 0) is 37.5 Å². The summed E-state index contributed by atoms with van der Waals surface area (Å²) in [6.07, 6.45) is 2.37. The number of hydrogen-bond acceptors (Lipinski definition) is 5. The van der Waals surface area contributed by atoms with Gasteiger partial charge >= 0.3 is 6.18 Å². The Balaban J connectivity index is 1.40. The molecular formula is C22H20F5N7O. The van der Waals surface area contributed by atoms with Crippen molar-refractivity contribution in [2.24, 2.45) is 5.92 Å². The van der Waals surface area contributed by atoms with E-state index in [-0.39, 0.29) is 11.5 Å². The molecular weight excluding hydrogens is 473 g/mol. The molecule has 3 N–H and O–H groups in total. The van der Waals surface area contributed by atoms with E-state index < -0.39 is 36.5 Å². The van der Waals surface area contributed by atoms with Crippen LogP contribution in [-0.2, 0) is 0 Å². The van der Waals surface area contributed by atoms with Crippen molar-refractivity contribution < 1.29 is 26.7 Å². The predicted molar refractivity (Wildman–Crippen MR) is 117 cm³/mol. The van der Waals surface area contributed by atoms with Crippen molar-refractivity contribution in [3.63, 3.8) is 0 Å². The summed E-state index contributed by atoms with van der Waals surface area (Å²) in [5.41, 5.74) is 2.00. The lowest BCUT2D eigenvalue weighted by Crippen LogP contribution is -2.43. The number of nitrogens with one attached hydrogen (secondary N) is 3. The first kappa shape index (κ1) is 23.0. The molecule has 0 spiro atoms. The van der Waals surface area contributed by atoms with Crippen LogP contribution < -0.4 is 10.6 Å². The molecule has 35 heavy (non-hydrogen) atoms. The Labute approximate surface area is 194 Å². The van der Waals surface area contributed by atoms with Crippen LogP contribution >= 0.6 is 0 Å². The van der Waals surface area contributed by atoms with E-state index in [1.54, 1.807) is 24.5 Å². The van der Waals surface area contributed by atoms with E-state index in [0.717, 1.165) is 6.92 Å². The van der Waals surface area contributed by atoms with Crippen molar-refractivity contribution in [3.8, 4) is 11.1 Å². The molecule has 0 bridgehead atoms. The Morgan fingerprint density at radius 2 is 2.03 bits per heavy atom. The number of fused-ring (bicyclic) bond motifs is 2. The molecule has 0 saturated heterocycles. The van der Waals surface area contributed by atoms with E-state index in [1.165, 1.54) is 16.9 Å². The summed E-state index contributed by atoms with van der Waals surface area (Å²) in [4.78, 5) is 23.8. The zero-order chi connectivity index (χ0) is 25.0. The van der Waals surface area contributed by atoms with Gasteiger partial charge in [0.15, 0.2) is 0 Å². The summed E-state index contributed by atoms with van der Waals surface area (Å²) in [6, 6.07) is 1.31. The Kier molecular flexibility index (Phi) is 5.37. The van der Waals surface area contributed by atoms with Crippen LogP contribution in [0, 0.1) is 5.92 Å². The van der Waals surface area contributed by atoms with Gasteiger partial charge in [-0.2, -0.15) is 23.3 Å². The maximum atomic E-state index is 13.9. The van der Waals surface area contributed by atoms with Gasteiger partial charge in [-0.3, -0.25) is 4.79 Å². The number of anilines is 1. The average molecular weight is 493 g/mol. The lowest BCUT2D eigenvalue weighted by Gasteiger charge is -2.16. The molecule has 0 unspecified atom stereocenters. The predicted octanol–water partition coefficient (Wildman–Crippen LogP) is 4.41. The molecule has 0 aromatic carbocycles. The number of amides is 1. The molecule has 1 saturated carbocycles. The molecule has 1 atom stereocenters. The summed E-state index contributed by atoms with van der Waals surface area (Å²) in [5, 5.41) is 9.16. The summed E-state index contributed by atoms with van der Waals surface area (Å²) < 4.78 is 67.8. The Hall–Kier alpha value is -3.77. The topological polar surface area (TPSA) is 100 Å². The third kappa shape index (κ3) is 4.49. The number of halogens is 5. The van der Waals surface area contributed by atoms with Gasteiger partial charge in [0.2, 0.25) is 5.95 Å². The van der Waals surface area contributed by atoms with Crippen molar-refractivity contribution >= 4 is 28.4 Å². The third-order valence-electron chi connectivity index (χ3n) is 6.00. The maximum Gasteiger partial charge on any atom is 0.408 e. The normalized spacial score (nSPS) is 15.5. The fourth-order valence-corrected chi connectivity index (χ4v) is 3.76. The molecule has 184 valence electrons. The average Bonchev–Trinajstić information content (AvgIpc) is 3.46. The van der Waals surface area contributed by atoms with Gasteiger partial charge < -0.3 is 15.6 Å². The molecule has 4 heterocycles. The van der Waals surface area contributed by atoms with E-state index in [1.807, 2.05) is 5.32 Å². The Bertz CT molecular complexity index is 1410. The fourth-order valence-electron chi connectivity index (χ4n) is 3.76. The number of alkyl halides is 5. The first-order valence-corrected chi connectivity index (χ1v) is 10.8. The van der Waals surface area contributed by atoms with Crippen molar-refractivity contribution in [2.45, 2.75) is 37.9 Å². The van der Waals surface area contributed by atoms with Gasteiger partial charge in [-0.15, -0.1) is 0 Å². The van der Waals surface area contributed by atoms with Crippen LogP contribution in [0.15, 0.2) is 36.9 Å². The second kappa shape index (κ2) is 8.17. The summed E-state index contributed by atoms with van der Waals surface area (Å²) in [5.74, 6) is -4.25. The van der Waals surface area contributed by atoms with Crippen molar-refractivity contribution in [1.82, 2.24) is 29.9 Å². The van der Waals surface area contributed by atoms with Gasteiger partial charge in [-0.25, -0.2) is 18.3 Å². The molecule has 1 aliphatic carbocycles. The monoisotopic (exact) mass is 493 g/mol.